The Morgan fingerprint density at radius 3 is 2.47 bits per heavy atom. The molecule has 1 saturated carbocycles. The highest BCUT2D eigenvalue weighted by Gasteiger charge is 2.77. The van der Waals surface area contributed by atoms with Crippen LogP contribution >= 0.6 is 15.9 Å². The molecule has 1 N–H and O–H groups in total. The van der Waals surface area contributed by atoms with Crippen molar-refractivity contribution in [2.45, 2.75) is 17.8 Å². The normalized spacial score (nSPS) is 27.4. The standard InChI is InChI=1S/C9H6BrF2NO2/c10-6-2-1-5(3-13-6)8(7(14)15)4-9(8,11)12/h1-3H,4H2,(H,14,15). The second-order valence-corrected chi connectivity index (χ2v) is 4.27. The van der Waals surface area contributed by atoms with Crippen LogP contribution in [-0.2, 0) is 10.2 Å². The molecule has 6 heteroatoms. The molecule has 1 aliphatic rings. The highest BCUT2D eigenvalue weighted by molar-refractivity contribution is 9.10. The Balaban J connectivity index is 2.45. The quantitative estimate of drug-likeness (QED) is 0.844. The Labute approximate surface area is 92.3 Å². The van der Waals surface area contributed by atoms with E-state index in [0.29, 0.717) is 4.60 Å². The number of halogens is 3. The Hall–Kier alpha value is -1.04. The van der Waals surface area contributed by atoms with Gasteiger partial charge in [-0.25, -0.2) is 13.8 Å². The van der Waals surface area contributed by atoms with Crippen LogP contribution in [-0.4, -0.2) is 22.0 Å². The smallest absolute Gasteiger partial charge is 0.320 e. The molecule has 1 unspecified atom stereocenters. The van der Waals surface area contributed by atoms with Crippen LogP contribution in [0.25, 0.3) is 0 Å². The predicted molar refractivity (Wildman–Crippen MR) is 50.8 cm³/mol. The van der Waals surface area contributed by atoms with Crippen molar-refractivity contribution in [3.63, 3.8) is 0 Å². The number of carboxylic acids is 1. The van der Waals surface area contributed by atoms with Crippen LogP contribution in [0.3, 0.4) is 0 Å². The number of carbonyl (C=O) groups is 1. The first-order valence-electron chi connectivity index (χ1n) is 4.13. The number of pyridine rings is 1. The third-order valence-corrected chi connectivity index (χ3v) is 3.04. The number of hydrogen-bond donors (Lipinski definition) is 1. The van der Waals surface area contributed by atoms with Crippen LogP contribution in [0.5, 0.6) is 0 Å². The molecule has 0 aliphatic heterocycles. The average Bonchev–Trinajstić information content (AvgIpc) is 2.72. The van der Waals surface area contributed by atoms with Crippen LogP contribution in [0.4, 0.5) is 8.78 Å². The first-order chi connectivity index (χ1) is 6.90. The summed E-state index contributed by atoms with van der Waals surface area (Å²) in [5.41, 5.74) is -2.02. The molecule has 80 valence electrons. The van der Waals surface area contributed by atoms with E-state index in [9.17, 15) is 13.6 Å². The molecule has 1 aliphatic carbocycles. The lowest BCUT2D eigenvalue weighted by atomic mass is 9.97. The first kappa shape index (κ1) is 10.5. The number of nitrogens with zero attached hydrogens (tertiary/aromatic N) is 1. The zero-order valence-corrected chi connectivity index (χ0v) is 8.96. The largest absolute Gasteiger partial charge is 0.480 e. The summed E-state index contributed by atoms with van der Waals surface area (Å²) in [7, 11) is 0. The van der Waals surface area contributed by atoms with Crippen LogP contribution in [0.2, 0.25) is 0 Å². The van der Waals surface area contributed by atoms with Gasteiger partial charge in [0.15, 0.2) is 5.41 Å². The summed E-state index contributed by atoms with van der Waals surface area (Å²) in [5.74, 6) is -4.68. The Kier molecular flexibility index (Phi) is 2.08. The number of aliphatic carboxylic acids is 1. The maximum Gasteiger partial charge on any atom is 0.320 e. The van der Waals surface area contributed by atoms with Gasteiger partial charge in [-0.3, -0.25) is 4.79 Å². The molecule has 0 bridgehead atoms. The second kappa shape index (κ2) is 2.98. The number of hydrogen-bond acceptors (Lipinski definition) is 2. The molecular weight excluding hydrogens is 272 g/mol. The fourth-order valence-electron chi connectivity index (χ4n) is 1.59. The van der Waals surface area contributed by atoms with E-state index < -0.39 is 23.7 Å². The van der Waals surface area contributed by atoms with Crippen molar-refractivity contribution in [2.75, 3.05) is 0 Å². The lowest BCUT2D eigenvalue weighted by Gasteiger charge is -2.10. The van der Waals surface area contributed by atoms with Crippen molar-refractivity contribution in [2.24, 2.45) is 0 Å². The van der Waals surface area contributed by atoms with Gasteiger partial charge in [-0.2, -0.15) is 0 Å². The van der Waals surface area contributed by atoms with Gasteiger partial charge in [-0.15, -0.1) is 0 Å². The Morgan fingerprint density at radius 1 is 1.53 bits per heavy atom. The highest BCUT2D eigenvalue weighted by Crippen LogP contribution is 2.61. The van der Waals surface area contributed by atoms with E-state index in [1.165, 1.54) is 18.3 Å². The SMILES string of the molecule is O=C(O)C1(c2ccc(Br)nc2)CC1(F)F. The summed E-state index contributed by atoms with van der Waals surface area (Å²) in [5, 5.41) is 8.84. The highest BCUT2D eigenvalue weighted by atomic mass is 79.9. The molecule has 1 heterocycles. The topological polar surface area (TPSA) is 50.2 Å². The van der Waals surface area contributed by atoms with E-state index in [2.05, 4.69) is 20.9 Å². The fraction of sp³-hybridized carbons (Fsp3) is 0.333. The zero-order chi connectivity index (χ0) is 11.3. The third kappa shape index (κ3) is 1.35. The minimum Gasteiger partial charge on any atom is -0.480 e. The number of rotatable bonds is 2. The summed E-state index contributed by atoms with van der Waals surface area (Å²) < 4.78 is 26.6. The summed E-state index contributed by atoms with van der Waals surface area (Å²) in [6.07, 6.45) is 0.512. The van der Waals surface area contributed by atoms with E-state index in [1.807, 2.05) is 0 Å². The molecule has 1 aromatic heterocycles. The lowest BCUT2D eigenvalue weighted by Crippen LogP contribution is -2.27. The summed E-state index contributed by atoms with van der Waals surface area (Å²) in [6.45, 7) is 0. The average molecular weight is 278 g/mol. The molecule has 0 saturated heterocycles. The first-order valence-corrected chi connectivity index (χ1v) is 4.93. The predicted octanol–water partition coefficient (Wildman–Crippen LogP) is 2.21. The van der Waals surface area contributed by atoms with Crippen LogP contribution in [0, 0.1) is 0 Å². The molecule has 1 aromatic rings. The monoisotopic (exact) mass is 277 g/mol. The maximum absolute atomic E-state index is 13.1. The molecule has 0 amide bonds. The van der Waals surface area contributed by atoms with Gasteiger partial charge in [0, 0.05) is 12.6 Å². The van der Waals surface area contributed by atoms with Crippen molar-refractivity contribution in [3.8, 4) is 0 Å². The molecule has 0 radical (unpaired) electrons. The van der Waals surface area contributed by atoms with Gasteiger partial charge in [0.1, 0.15) is 4.60 Å². The van der Waals surface area contributed by atoms with Crippen LogP contribution < -0.4 is 0 Å². The summed E-state index contributed by atoms with van der Waals surface area (Å²) in [6, 6.07) is 2.81. The van der Waals surface area contributed by atoms with E-state index in [1.54, 1.807) is 0 Å². The molecule has 0 spiro atoms. The minimum absolute atomic E-state index is 0.0446. The zero-order valence-electron chi connectivity index (χ0n) is 7.38. The van der Waals surface area contributed by atoms with Gasteiger partial charge in [-0.05, 0) is 27.6 Å². The van der Waals surface area contributed by atoms with Gasteiger partial charge < -0.3 is 5.11 Å². The van der Waals surface area contributed by atoms with Crippen LogP contribution in [0.1, 0.15) is 12.0 Å². The van der Waals surface area contributed by atoms with Crippen molar-refractivity contribution < 1.29 is 18.7 Å². The van der Waals surface area contributed by atoms with Crippen molar-refractivity contribution >= 4 is 21.9 Å². The van der Waals surface area contributed by atoms with E-state index in [-0.39, 0.29) is 5.56 Å². The second-order valence-electron chi connectivity index (χ2n) is 3.46. The van der Waals surface area contributed by atoms with Gasteiger partial charge in [0.2, 0.25) is 0 Å². The van der Waals surface area contributed by atoms with Crippen molar-refractivity contribution in [1.29, 1.82) is 0 Å². The molecule has 3 nitrogen and oxygen atoms in total. The van der Waals surface area contributed by atoms with E-state index in [0.717, 1.165) is 0 Å². The van der Waals surface area contributed by atoms with Crippen LogP contribution in [0.15, 0.2) is 22.9 Å². The van der Waals surface area contributed by atoms with Gasteiger partial charge in [-0.1, -0.05) is 6.07 Å². The Bertz CT molecular complexity index is 421. The number of alkyl halides is 2. The minimum atomic E-state index is -3.17. The lowest BCUT2D eigenvalue weighted by molar-refractivity contribution is -0.142. The number of carboxylic acid groups (broad SMARTS) is 1. The summed E-state index contributed by atoms with van der Waals surface area (Å²) in [4.78, 5) is 14.6. The third-order valence-electron chi connectivity index (χ3n) is 2.57. The molecule has 1 fully saturated rings. The van der Waals surface area contributed by atoms with E-state index in [4.69, 9.17) is 5.11 Å². The molecule has 0 aromatic carbocycles. The number of aromatic nitrogens is 1. The molecular formula is C9H6BrF2NO2. The maximum atomic E-state index is 13.1. The van der Waals surface area contributed by atoms with Crippen molar-refractivity contribution in [3.05, 3.63) is 28.5 Å². The molecule has 15 heavy (non-hydrogen) atoms. The van der Waals surface area contributed by atoms with E-state index >= 15 is 0 Å². The summed E-state index contributed by atoms with van der Waals surface area (Å²) >= 11 is 3.05. The molecule has 1 atom stereocenters. The Morgan fingerprint density at radius 2 is 2.13 bits per heavy atom. The fourth-order valence-corrected chi connectivity index (χ4v) is 1.82. The van der Waals surface area contributed by atoms with Crippen molar-refractivity contribution in [1.82, 2.24) is 4.98 Å². The molecule has 2 rings (SSSR count). The van der Waals surface area contributed by atoms with Gasteiger partial charge >= 0.3 is 5.97 Å². The van der Waals surface area contributed by atoms with Gasteiger partial charge in [0.25, 0.3) is 5.92 Å². The van der Waals surface area contributed by atoms with Gasteiger partial charge in [0.05, 0.1) is 0 Å².